The fourth-order valence-electron chi connectivity index (χ4n) is 8.02. The molecular formula is C48H28N4. The van der Waals surface area contributed by atoms with Crippen LogP contribution in [0.1, 0.15) is 0 Å². The minimum Gasteiger partial charge on any atom is -0.256 e. The summed E-state index contributed by atoms with van der Waals surface area (Å²) in [4.78, 5) is 19.6. The summed E-state index contributed by atoms with van der Waals surface area (Å²) in [5.74, 6) is 0. The monoisotopic (exact) mass is 660 g/mol. The Bertz CT molecular complexity index is 3160. The largest absolute Gasteiger partial charge is 0.256 e. The Labute approximate surface area is 299 Å². The van der Waals surface area contributed by atoms with Crippen molar-refractivity contribution in [3.05, 3.63) is 170 Å². The van der Waals surface area contributed by atoms with Crippen molar-refractivity contribution < 1.29 is 0 Å². The number of para-hydroxylation sites is 1. The summed E-state index contributed by atoms with van der Waals surface area (Å²) in [6.45, 7) is 0. The van der Waals surface area contributed by atoms with Gasteiger partial charge in [0.15, 0.2) is 0 Å². The maximum atomic E-state index is 5.32. The highest BCUT2D eigenvalue weighted by atomic mass is 14.8. The van der Waals surface area contributed by atoms with Crippen molar-refractivity contribution >= 4 is 65.0 Å². The van der Waals surface area contributed by atoms with Crippen LogP contribution in [0.3, 0.4) is 0 Å². The van der Waals surface area contributed by atoms with Crippen LogP contribution in [-0.4, -0.2) is 19.9 Å². The van der Waals surface area contributed by atoms with Crippen LogP contribution in [0.4, 0.5) is 0 Å². The Balaban J connectivity index is 1.06. The minimum atomic E-state index is 0.839. The molecule has 7 aromatic carbocycles. The van der Waals surface area contributed by atoms with Crippen LogP contribution < -0.4 is 0 Å². The van der Waals surface area contributed by atoms with Gasteiger partial charge in [0.1, 0.15) is 0 Å². The summed E-state index contributed by atoms with van der Waals surface area (Å²) in [7, 11) is 0. The number of pyridine rings is 4. The molecule has 4 heteroatoms. The SMILES string of the molecule is c1ccc(-c2ccc3ccc4ccc(-c5ccc6ccc7c(-c8ccc(-c9cccc%10cccnc9%10)cc8)ccc8ccc5c6c87)nc4c3n2)nc1. The third-order valence-electron chi connectivity index (χ3n) is 10.5. The van der Waals surface area contributed by atoms with Crippen molar-refractivity contribution in [1.82, 2.24) is 19.9 Å². The van der Waals surface area contributed by atoms with Gasteiger partial charge in [-0.25, -0.2) is 9.97 Å². The second-order valence-corrected chi connectivity index (χ2v) is 13.4. The summed E-state index contributed by atoms with van der Waals surface area (Å²) < 4.78 is 0. The molecule has 11 rings (SSSR count). The lowest BCUT2D eigenvalue weighted by atomic mass is 9.87. The predicted molar refractivity (Wildman–Crippen MR) is 216 cm³/mol. The predicted octanol–water partition coefficient (Wildman–Crippen LogP) is 12.3. The molecule has 0 amide bonds. The molecule has 0 atom stereocenters. The standard InChI is InChI=1S/C48H28N4/c1-2-27-49-42(8-1)43-26-20-35-14-13-34-19-25-41(51-47(34)48(35)52-43)38-22-16-32-17-23-39-36(21-15-31-18-24-40(38)45(32)44(31)39)29-9-11-30(12-10-29)37-7-3-5-33-6-4-28-50-46(33)37/h1-28H. The van der Waals surface area contributed by atoms with Crippen molar-refractivity contribution in [3.63, 3.8) is 0 Å². The number of rotatable bonds is 4. The first-order valence-corrected chi connectivity index (χ1v) is 17.5. The van der Waals surface area contributed by atoms with Gasteiger partial charge in [-0.2, -0.15) is 0 Å². The Morgan fingerprint density at radius 3 is 1.58 bits per heavy atom. The van der Waals surface area contributed by atoms with Crippen LogP contribution in [-0.2, 0) is 0 Å². The Hall–Kier alpha value is -7.04. The van der Waals surface area contributed by atoms with Gasteiger partial charge in [-0.15, -0.1) is 0 Å². The molecular weight excluding hydrogens is 633 g/mol. The quantitative estimate of drug-likeness (QED) is 0.176. The van der Waals surface area contributed by atoms with E-state index in [1.165, 1.54) is 43.4 Å². The highest BCUT2D eigenvalue weighted by Crippen LogP contribution is 2.43. The Kier molecular flexibility index (Phi) is 6.22. The average molecular weight is 661 g/mol. The molecule has 0 N–H and O–H groups in total. The van der Waals surface area contributed by atoms with Crippen LogP contribution in [0.5, 0.6) is 0 Å². The number of nitrogens with zero attached hydrogens (tertiary/aromatic N) is 4. The third kappa shape index (κ3) is 4.41. The van der Waals surface area contributed by atoms with E-state index in [1.807, 2.05) is 36.5 Å². The molecule has 0 aliphatic carbocycles. The molecule has 4 aromatic heterocycles. The second kappa shape index (κ2) is 11.2. The van der Waals surface area contributed by atoms with Gasteiger partial charge in [0.05, 0.1) is 33.6 Å². The van der Waals surface area contributed by atoms with Gasteiger partial charge in [-0.3, -0.25) is 9.97 Å². The van der Waals surface area contributed by atoms with E-state index >= 15 is 0 Å². The van der Waals surface area contributed by atoms with Crippen molar-refractivity contribution in [2.75, 3.05) is 0 Å². The van der Waals surface area contributed by atoms with Gasteiger partial charge < -0.3 is 0 Å². The topological polar surface area (TPSA) is 51.6 Å². The fourth-order valence-corrected chi connectivity index (χ4v) is 8.02. The van der Waals surface area contributed by atoms with E-state index in [-0.39, 0.29) is 0 Å². The first kappa shape index (κ1) is 28.8. The van der Waals surface area contributed by atoms with Crippen molar-refractivity contribution in [3.8, 4) is 44.9 Å². The van der Waals surface area contributed by atoms with Crippen LogP contribution in [0, 0.1) is 0 Å². The molecule has 4 nitrogen and oxygen atoms in total. The molecule has 0 fully saturated rings. The number of hydrogen-bond donors (Lipinski definition) is 0. The smallest absolute Gasteiger partial charge is 0.0973 e. The van der Waals surface area contributed by atoms with Crippen molar-refractivity contribution in [2.45, 2.75) is 0 Å². The van der Waals surface area contributed by atoms with E-state index in [0.29, 0.717) is 0 Å². The number of fused-ring (bicyclic) bond motifs is 4. The van der Waals surface area contributed by atoms with Crippen LogP contribution in [0.15, 0.2) is 170 Å². The van der Waals surface area contributed by atoms with Crippen LogP contribution >= 0.6 is 0 Å². The molecule has 0 aliphatic rings. The number of hydrogen-bond acceptors (Lipinski definition) is 4. The maximum absolute atomic E-state index is 5.32. The highest BCUT2D eigenvalue weighted by molar-refractivity contribution is 6.27. The summed E-state index contributed by atoms with van der Waals surface area (Å²) in [5, 5.41) is 10.7. The summed E-state index contributed by atoms with van der Waals surface area (Å²) in [6, 6.07) is 56.1. The normalized spacial score (nSPS) is 11.8. The van der Waals surface area contributed by atoms with E-state index in [2.05, 4.69) is 137 Å². The number of aromatic nitrogens is 4. The number of benzene rings is 7. The van der Waals surface area contributed by atoms with Crippen molar-refractivity contribution in [2.24, 2.45) is 0 Å². The van der Waals surface area contributed by atoms with Gasteiger partial charge >= 0.3 is 0 Å². The molecule has 52 heavy (non-hydrogen) atoms. The fraction of sp³-hybridized carbons (Fsp3) is 0. The van der Waals surface area contributed by atoms with E-state index in [9.17, 15) is 0 Å². The van der Waals surface area contributed by atoms with E-state index in [4.69, 9.17) is 9.97 Å². The molecule has 4 heterocycles. The average Bonchev–Trinajstić information content (AvgIpc) is 3.22. The van der Waals surface area contributed by atoms with Gasteiger partial charge in [-0.05, 0) is 79.3 Å². The van der Waals surface area contributed by atoms with E-state index in [1.54, 1.807) is 6.20 Å². The van der Waals surface area contributed by atoms with E-state index in [0.717, 1.165) is 66.5 Å². The molecule has 0 saturated heterocycles. The lowest BCUT2D eigenvalue weighted by Gasteiger charge is -2.17. The molecule has 0 unspecified atom stereocenters. The zero-order valence-corrected chi connectivity index (χ0v) is 28.0. The van der Waals surface area contributed by atoms with Gasteiger partial charge in [0.25, 0.3) is 0 Å². The lowest BCUT2D eigenvalue weighted by molar-refractivity contribution is 1.27. The minimum absolute atomic E-state index is 0.839. The maximum Gasteiger partial charge on any atom is 0.0973 e. The zero-order valence-electron chi connectivity index (χ0n) is 28.0. The molecule has 0 spiro atoms. The molecule has 0 bridgehead atoms. The molecule has 240 valence electrons. The first-order chi connectivity index (χ1) is 25.8. The molecule has 0 aliphatic heterocycles. The molecule has 0 radical (unpaired) electrons. The van der Waals surface area contributed by atoms with E-state index < -0.39 is 0 Å². The van der Waals surface area contributed by atoms with Gasteiger partial charge in [0.2, 0.25) is 0 Å². The second-order valence-electron chi connectivity index (χ2n) is 13.4. The molecule has 0 saturated carbocycles. The molecule has 11 aromatic rings. The Morgan fingerprint density at radius 2 is 0.846 bits per heavy atom. The zero-order chi connectivity index (χ0) is 34.2. The summed E-state index contributed by atoms with van der Waals surface area (Å²) in [6.07, 6.45) is 3.67. The highest BCUT2D eigenvalue weighted by Gasteiger charge is 2.17. The summed E-state index contributed by atoms with van der Waals surface area (Å²) in [5.41, 5.74) is 11.2. The van der Waals surface area contributed by atoms with Crippen LogP contribution in [0.2, 0.25) is 0 Å². The lowest BCUT2D eigenvalue weighted by Crippen LogP contribution is -1.93. The Morgan fingerprint density at radius 1 is 0.288 bits per heavy atom. The van der Waals surface area contributed by atoms with Crippen molar-refractivity contribution in [1.29, 1.82) is 0 Å². The third-order valence-corrected chi connectivity index (χ3v) is 10.5. The van der Waals surface area contributed by atoms with Gasteiger partial charge in [-0.1, -0.05) is 127 Å². The van der Waals surface area contributed by atoms with Gasteiger partial charge in [0, 0.05) is 39.7 Å². The first-order valence-electron chi connectivity index (χ1n) is 17.5. The van der Waals surface area contributed by atoms with Crippen LogP contribution in [0.25, 0.3) is 110 Å². The summed E-state index contributed by atoms with van der Waals surface area (Å²) >= 11 is 0.